The van der Waals surface area contributed by atoms with Gasteiger partial charge in [0.25, 0.3) is 0 Å². The van der Waals surface area contributed by atoms with Crippen LogP contribution in [0.2, 0.25) is 0 Å². The van der Waals surface area contributed by atoms with Gasteiger partial charge in [0.05, 0.1) is 11.4 Å². The number of furan rings is 1. The largest absolute Gasteiger partial charge is 0.454 e. The molecule has 4 nitrogen and oxygen atoms in total. The predicted octanol–water partition coefficient (Wildman–Crippen LogP) is 17.4. The van der Waals surface area contributed by atoms with E-state index in [0.717, 1.165) is 64.0 Å². The molecule has 13 rings (SSSR count). The van der Waals surface area contributed by atoms with Crippen molar-refractivity contribution in [2.24, 2.45) is 0 Å². The van der Waals surface area contributed by atoms with E-state index in [2.05, 4.69) is 228 Å². The second-order valence-corrected chi connectivity index (χ2v) is 23.2. The number of para-hydroxylation sites is 3. The smallest absolute Gasteiger partial charge is 0.333 e. The molecule has 358 valence electrons. The maximum atomic E-state index is 7.22. The third-order valence-electron chi connectivity index (χ3n) is 17.4. The van der Waals surface area contributed by atoms with Gasteiger partial charge in [-0.1, -0.05) is 159 Å². The summed E-state index contributed by atoms with van der Waals surface area (Å²) in [5, 5.41) is 2.29. The SMILES string of the molecule is CCCCc1ccc(N(c2ccc(CCCC)cc2)c2cc3c4c(c2)N2c5ccccc5C(C)(C)c5cccc(c52)B4N(c2ccc4c(c2)C(C)(C)CCC4(C)C)c2c-3ccc3c2oc2ccccc23)cc1. The van der Waals surface area contributed by atoms with E-state index < -0.39 is 0 Å². The van der Waals surface area contributed by atoms with Crippen LogP contribution < -0.4 is 25.5 Å². The highest BCUT2D eigenvalue weighted by molar-refractivity contribution is 6.94. The normalized spacial score (nSPS) is 16.2. The molecule has 1 aliphatic carbocycles. The summed E-state index contributed by atoms with van der Waals surface area (Å²) in [5.74, 6) is 0. The van der Waals surface area contributed by atoms with Crippen LogP contribution in [0, 0.1) is 0 Å². The number of nitrogens with zero attached hydrogens (tertiary/aromatic N) is 3. The van der Waals surface area contributed by atoms with Crippen molar-refractivity contribution < 1.29 is 4.42 Å². The average molecular weight is 940 g/mol. The molecule has 0 N–H and O–H groups in total. The van der Waals surface area contributed by atoms with Crippen LogP contribution in [-0.4, -0.2) is 6.85 Å². The van der Waals surface area contributed by atoms with Gasteiger partial charge in [0.1, 0.15) is 5.58 Å². The molecule has 0 spiro atoms. The van der Waals surface area contributed by atoms with Gasteiger partial charge in [-0.15, -0.1) is 0 Å². The second kappa shape index (κ2) is 16.5. The summed E-state index contributed by atoms with van der Waals surface area (Å²) in [6, 6.07) is 61.0. The van der Waals surface area contributed by atoms with Gasteiger partial charge in [0.15, 0.2) is 5.58 Å². The molecule has 1 aromatic heterocycles. The summed E-state index contributed by atoms with van der Waals surface area (Å²) in [4.78, 5) is 7.86. The van der Waals surface area contributed by atoms with Gasteiger partial charge in [-0.3, -0.25) is 0 Å². The lowest BCUT2D eigenvalue weighted by Crippen LogP contribution is -2.62. The molecule has 0 fully saturated rings. The van der Waals surface area contributed by atoms with Crippen LogP contribution in [0.1, 0.15) is 127 Å². The van der Waals surface area contributed by atoms with Gasteiger partial charge in [0.2, 0.25) is 0 Å². The van der Waals surface area contributed by atoms with E-state index in [1.54, 1.807) is 0 Å². The molecule has 9 aromatic rings. The number of aryl methyl sites for hydroxylation is 2. The van der Waals surface area contributed by atoms with Gasteiger partial charge < -0.3 is 19.0 Å². The van der Waals surface area contributed by atoms with Crippen molar-refractivity contribution in [3.8, 4) is 11.1 Å². The lowest BCUT2D eigenvalue weighted by atomic mass is 9.42. The number of rotatable bonds is 10. The van der Waals surface area contributed by atoms with Gasteiger partial charge in [0, 0.05) is 55.9 Å². The maximum Gasteiger partial charge on any atom is 0.333 e. The predicted molar refractivity (Wildman–Crippen MR) is 307 cm³/mol. The second-order valence-electron chi connectivity index (χ2n) is 23.2. The molecule has 5 heteroatoms. The van der Waals surface area contributed by atoms with Crippen LogP contribution in [0.15, 0.2) is 162 Å². The number of unbranched alkanes of at least 4 members (excludes halogenated alkanes) is 2. The van der Waals surface area contributed by atoms with Crippen molar-refractivity contribution in [1.29, 1.82) is 0 Å². The summed E-state index contributed by atoms with van der Waals surface area (Å²) in [5.41, 5.74) is 24.7. The molecule has 8 aromatic carbocycles. The minimum atomic E-state index is -0.244. The highest BCUT2D eigenvalue weighted by Gasteiger charge is 2.51. The zero-order valence-electron chi connectivity index (χ0n) is 43.5. The molecule has 0 atom stereocenters. The van der Waals surface area contributed by atoms with E-state index >= 15 is 0 Å². The van der Waals surface area contributed by atoms with Crippen molar-refractivity contribution in [3.05, 3.63) is 191 Å². The van der Waals surface area contributed by atoms with Crippen LogP contribution in [0.25, 0.3) is 33.1 Å². The number of hydrogen-bond acceptors (Lipinski definition) is 4. The Balaban J connectivity index is 1.15. The molecule has 0 radical (unpaired) electrons. The zero-order valence-corrected chi connectivity index (χ0v) is 43.5. The summed E-state index contributed by atoms with van der Waals surface area (Å²) < 4.78 is 7.22. The average Bonchev–Trinajstić information content (AvgIpc) is 3.78. The molecule has 0 bridgehead atoms. The van der Waals surface area contributed by atoms with Crippen molar-refractivity contribution in [2.75, 3.05) is 14.6 Å². The van der Waals surface area contributed by atoms with E-state index in [4.69, 9.17) is 4.42 Å². The Labute approximate surface area is 427 Å². The molecule has 0 amide bonds. The van der Waals surface area contributed by atoms with Gasteiger partial charge >= 0.3 is 6.85 Å². The molecule has 0 unspecified atom stereocenters. The first-order valence-electron chi connectivity index (χ1n) is 27.0. The van der Waals surface area contributed by atoms with E-state index in [0.29, 0.717) is 0 Å². The summed E-state index contributed by atoms with van der Waals surface area (Å²) in [6.45, 7) is 19.0. The number of hydrogen-bond donors (Lipinski definition) is 0. The monoisotopic (exact) mass is 940 g/mol. The number of benzene rings is 8. The topological polar surface area (TPSA) is 22.9 Å². The lowest BCUT2D eigenvalue weighted by Gasteiger charge is -2.51. The molecule has 4 aliphatic rings. The van der Waals surface area contributed by atoms with Crippen molar-refractivity contribution >= 4 is 85.2 Å². The molecular weight excluding hydrogens is 874 g/mol. The number of anilines is 8. The van der Waals surface area contributed by atoms with Crippen LogP contribution in [0.4, 0.5) is 45.5 Å². The minimum Gasteiger partial charge on any atom is -0.454 e. The first-order valence-corrected chi connectivity index (χ1v) is 27.0. The molecule has 3 aliphatic heterocycles. The summed E-state index contributed by atoms with van der Waals surface area (Å²) in [7, 11) is 0. The van der Waals surface area contributed by atoms with Gasteiger partial charge in [-0.05, 0) is 166 Å². The van der Waals surface area contributed by atoms with Crippen LogP contribution >= 0.6 is 0 Å². The Bertz CT molecular complexity index is 3560. The summed E-state index contributed by atoms with van der Waals surface area (Å²) >= 11 is 0. The van der Waals surface area contributed by atoms with Gasteiger partial charge in [-0.2, -0.15) is 0 Å². The highest BCUT2D eigenvalue weighted by Crippen LogP contribution is 2.58. The lowest BCUT2D eigenvalue weighted by molar-refractivity contribution is 0.332. The van der Waals surface area contributed by atoms with E-state index in [1.807, 2.05) is 0 Å². The fraction of sp³-hybridized carbons (Fsp3) is 0.284. The standard InChI is InChI=1S/C67H66BN3O/c1-9-11-18-43-26-30-45(31-27-43)69(46-32-28-44(29-33-46)19-12-10-2)48-40-52-50-35-36-51-49-20-13-16-25-60(49)72-64(51)62(50)71(47-34-37-53-56(41-47)66(5,6)39-38-65(53,3)4)68-57-23-17-22-55-63(57)70(59(42-48)61(52)68)58-24-15-14-21-54(58)67(55,7)8/h13-17,20-37,40-42H,9-12,18-19,38-39H2,1-8H3. The Morgan fingerprint density at radius 2 is 1.18 bits per heavy atom. The fourth-order valence-corrected chi connectivity index (χ4v) is 13.3. The summed E-state index contributed by atoms with van der Waals surface area (Å²) in [6.07, 6.45) is 9.23. The van der Waals surface area contributed by atoms with Crippen LogP contribution in [-0.2, 0) is 29.1 Å². The first kappa shape index (κ1) is 44.9. The van der Waals surface area contributed by atoms with Gasteiger partial charge in [-0.25, -0.2) is 0 Å². The Morgan fingerprint density at radius 3 is 1.89 bits per heavy atom. The number of fused-ring (bicyclic) bond motifs is 11. The molecule has 4 heterocycles. The van der Waals surface area contributed by atoms with Crippen LogP contribution in [0.3, 0.4) is 0 Å². The van der Waals surface area contributed by atoms with E-state index in [1.165, 1.54) is 110 Å². The third kappa shape index (κ3) is 6.71. The zero-order chi connectivity index (χ0) is 49.3. The molecule has 0 saturated carbocycles. The fourth-order valence-electron chi connectivity index (χ4n) is 13.3. The molecule has 0 saturated heterocycles. The highest BCUT2D eigenvalue weighted by atomic mass is 16.3. The minimum absolute atomic E-state index is 0.0255. The van der Waals surface area contributed by atoms with Crippen LogP contribution in [0.5, 0.6) is 0 Å². The van der Waals surface area contributed by atoms with Crippen molar-refractivity contribution in [1.82, 2.24) is 0 Å². The first-order chi connectivity index (χ1) is 34.9. The quantitative estimate of drug-likeness (QED) is 0.127. The van der Waals surface area contributed by atoms with E-state index in [9.17, 15) is 0 Å². The molecular formula is C67H66BN3O. The maximum absolute atomic E-state index is 7.22. The van der Waals surface area contributed by atoms with E-state index in [-0.39, 0.29) is 23.1 Å². The third-order valence-corrected chi connectivity index (χ3v) is 17.4. The Kier molecular flexibility index (Phi) is 10.3. The molecule has 72 heavy (non-hydrogen) atoms. The van der Waals surface area contributed by atoms with Crippen molar-refractivity contribution in [2.45, 2.75) is 123 Å². The van der Waals surface area contributed by atoms with Crippen molar-refractivity contribution in [3.63, 3.8) is 0 Å². The Hall–Kier alpha value is -6.98. The Morgan fingerprint density at radius 1 is 0.528 bits per heavy atom.